The SMILES string of the molecule is Cc1ccc(Cl)c(C)c1-c1cccc(Br)c1. The van der Waals surface area contributed by atoms with E-state index in [2.05, 4.69) is 48.0 Å². The lowest BCUT2D eigenvalue weighted by atomic mass is 9.96. The fourth-order valence-corrected chi connectivity index (χ4v) is 2.47. The lowest BCUT2D eigenvalue weighted by molar-refractivity contribution is 1.38. The summed E-state index contributed by atoms with van der Waals surface area (Å²) in [6.07, 6.45) is 0. The summed E-state index contributed by atoms with van der Waals surface area (Å²) in [5.74, 6) is 0. The zero-order valence-corrected chi connectivity index (χ0v) is 11.6. The predicted octanol–water partition coefficient (Wildman–Crippen LogP) is 5.39. The van der Waals surface area contributed by atoms with Crippen molar-refractivity contribution in [1.82, 2.24) is 0 Å². The molecule has 0 aliphatic carbocycles. The number of hydrogen-bond acceptors (Lipinski definition) is 0. The predicted molar refractivity (Wildman–Crippen MR) is 74.1 cm³/mol. The average Bonchev–Trinajstić information content (AvgIpc) is 2.24. The summed E-state index contributed by atoms with van der Waals surface area (Å²) in [7, 11) is 0. The summed E-state index contributed by atoms with van der Waals surface area (Å²) in [6.45, 7) is 4.17. The normalized spacial score (nSPS) is 10.5. The van der Waals surface area contributed by atoms with Crippen LogP contribution in [-0.4, -0.2) is 0 Å². The zero-order chi connectivity index (χ0) is 11.7. The largest absolute Gasteiger partial charge is 0.0840 e. The Hall–Kier alpha value is -0.790. The second kappa shape index (κ2) is 4.60. The van der Waals surface area contributed by atoms with Gasteiger partial charge in [-0.25, -0.2) is 0 Å². The molecule has 0 aromatic heterocycles. The van der Waals surface area contributed by atoms with Crippen LogP contribution in [0.15, 0.2) is 40.9 Å². The van der Waals surface area contributed by atoms with Crippen molar-refractivity contribution in [1.29, 1.82) is 0 Å². The third-order valence-corrected chi connectivity index (χ3v) is 3.62. The summed E-state index contributed by atoms with van der Waals surface area (Å²) in [5, 5.41) is 0.820. The van der Waals surface area contributed by atoms with Crippen LogP contribution in [0.4, 0.5) is 0 Å². The lowest BCUT2D eigenvalue weighted by Crippen LogP contribution is -1.89. The first kappa shape index (κ1) is 11.7. The van der Waals surface area contributed by atoms with E-state index in [0.717, 1.165) is 15.1 Å². The summed E-state index contributed by atoms with van der Waals surface area (Å²) in [5.41, 5.74) is 4.82. The highest BCUT2D eigenvalue weighted by Gasteiger charge is 2.08. The van der Waals surface area contributed by atoms with E-state index < -0.39 is 0 Å². The number of benzene rings is 2. The Kier molecular flexibility index (Phi) is 3.36. The van der Waals surface area contributed by atoms with Crippen LogP contribution < -0.4 is 0 Å². The fourth-order valence-electron chi connectivity index (χ4n) is 1.91. The molecule has 2 aromatic carbocycles. The van der Waals surface area contributed by atoms with Crippen molar-refractivity contribution in [2.45, 2.75) is 13.8 Å². The molecule has 0 heterocycles. The van der Waals surface area contributed by atoms with Gasteiger partial charge in [0.25, 0.3) is 0 Å². The van der Waals surface area contributed by atoms with E-state index in [-0.39, 0.29) is 0 Å². The molecule has 16 heavy (non-hydrogen) atoms. The van der Waals surface area contributed by atoms with Crippen LogP contribution in [0.25, 0.3) is 11.1 Å². The van der Waals surface area contributed by atoms with Crippen molar-refractivity contribution in [3.63, 3.8) is 0 Å². The Morgan fingerprint density at radius 3 is 2.50 bits per heavy atom. The highest BCUT2D eigenvalue weighted by molar-refractivity contribution is 9.10. The highest BCUT2D eigenvalue weighted by Crippen LogP contribution is 2.32. The van der Waals surface area contributed by atoms with Crippen LogP contribution >= 0.6 is 27.5 Å². The Morgan fingerprint density at radius 2 is 1.81 bits per heavy atom. The van der Waals surface area contributed by atoms with Crippen molar-refractivity contribution < 1.29 is 0 Å². The molecule has 0 saturated carbocycles. The van der Waals surface area contributed by atoms with Crippen molar-refractivity contribution in [2.24, 2.45) is 0 Å². The van der Waals surface area contributed by atoms with Gasteiger partial charge in [-0.2, -0.15) is 0 Å². The molecule has 0 atom stereocenters. The quantitative estimate of drug-likeness (QED) is 0.662. The van der Waals surface area contributed by atoms with Gasteiger partial charge in [-0.15, -0.1) is 0 Å². The minimum atomic E-state index is 0.820. The van der Waals surface area contributed by atoms with Gasteiger partial charge in [-0.1, -0.05) is 45.7 Å². The Balaban J connectivity index is 2.68. The summed E-state index contributed by atoms with van der Waals surface area (Å²) in [4.78, 5) is 0. The van der Waals surface area contributed by atoms with E-state index >= 15 is 0 Å². The van der Waals surface area contributed by atoms with Gasteiger partial charge in [0, 0.05) is 9.50 Å². The molecule has 0 aliphatic rings. The molecule has 0 amide bonds. The molecule has 0 N–H and O–H groups in total. The van der Waals surface area contributed by atoms with Crippen molar-refractivity contribution in [3.8, 4) is 11.1 Å². The van der Waals surface area contributed by atoms with Gasteiger partial charge in [-0.05, 0) is 54.3 Å². The first-order valence-electron chi connectivity index (χ1n) is 5.11. The van der Waals surface area contributed by atoms with Crippen LogP contribution in [0.1, 0.15) is 11.1 Å². The van der Waals surface area contributed by atoms with Crippen LogP contribution in [0.3, 0.4) is 0 Å². The minimum Gasteiger partial charge on any atom is -0.0840 e. The molecule has 0 unspecified atom stereocenters. The van der Waals surface area contributed by atoms with E-state index in [1.807, 2.05) is 18.2 Å². The van der Waals surface area contributed by atoms with Crippen molar-refractivity contribution in [2.75, 3.05) is 0 Å². The number of aryl methyl sites for hydroxylation is 1. The maximum absolute atomic E-state index is 6.16. The third-order valence-electron chi connectivity index (χ3n) is 2.72. The molecule has 0 saturated heterocycles. The van der Waals surface area contributed by atoms with Gasteiger partial charge in [0.1, 0.15) is 0 Å². The minimum absolute atomic E-state index is 0.820. The van der Waals surface area contributed by atoms with E-state index in [9.17, 15) is 0 Å². The standard InChI is InChI=1S/C14H12BrCl/c1-9-6-7-13(16)10(2)14(9)11-4-3-5-12(15)8-11/h3-8H,1-2H3. The van der Waals surface area contributed by atoms with Gasteiger partial charge >= 0.3 is 0 Å². The molecule has 0 aliphatic heterocycles. The van der Waals surface area contributed by atoms with Gasteiger partial charge < -0.3 is 0 Å². The van der Waals surface area contributed by atoms with E-state index in [4.69, 9.17) is 11.6 Å². The summed E-state index contributed by atoms with van der Waals surface area (Å²) in [6, 6.07) is 12.3. The van der Waals surface area contributed by atoms with Gasteiger partial charge in [0.15, 0.2) is 0 Å². The molecule has 2 aromatic rings. The first-order valence-corrected chi connectivity index (χ1v) is 6.28. The topological polar surface area (TPSA) is 0 Å². The molecule has 0 spiro atoms. The maximum atomic E-state index is 6.16. The van der Waals surface area contributed by atoms with Crippen LogP contribution in [0.5, 0.6) is 0 Å². The molecule has 82 valence electrons. The third kappa shape index (κ3) is 2.16. The molecular weight excluding hydrogens is 284 g/mol. The molecule has 0 nitrogen and oxygen atoms in total. The average molecular weight is 296 g/mol. The Morgan fingerprint density at radius 1 is 1.06 bits per heavy atom. The van der Waals surface area contributed by atoms with Gasteiger partial charge in [0.2, 0.25) is 0 Å². The zero-order valence-electron chi connectivity index (χ0n) is 9.22. The highest BCUT2D eigenvalue weighted by atomic mass is 79.9. The number of rotatable bonds is 1. The monoisotopic (exact) mass is 294 g/mol. The fraction of sp³-hybridized carbons (Fsp3) is 0.143. The second-order valence-corrected chi connectivity index (χ2v) is 5.20. The van der Waals surface area contributed by atoms with Gasteiger partial charge in [-0.3, -0.25) is 0 Å². The Bertz CT molecular complexity index is 532. The lowest BCUT2D eigenvalue weighted by Gasteiger charge is -2.11. The summed E-state index contributed by atoms with van der Waals surface area (Å²) < 4.78 is 1.09. The summed E-state index contributed by atoms with van der Waals surface area (Å²) >= 11 is 9.66. The van der Waals surface area contributed by atoms with E-state index in [1.54, 1.807) is 0 Å². The van der Waals surface area contributed by atoms with Crippen molar-refractivity contribution >= 4 is 27.5 Å². The molecule has 0 bridgehead atoms. The molecule has 2 rings (SSSR count). The molecular formula is C14H12BrCl. The number of halogens is 2. The first-order chi connectivity index (χ1) is 7.59. The molecule has 0 fully saturated rings. The van der Waals surface area contributed by atoms with Crippen LogP contribution in [-0.2, 0) is 0 Å². The van der Waals surface area contributed by atoms with Crippen LogP contribution in [0, 0.1) is 13.8 Å². The van der Waals surface area contributed by atoms with E-state index in [1.165, 1.54) is 16.7 Å². The Labute approximate surface area is 109 Å². The molecule has 2 heteroatoms. The van der Waals surface area contributed by atoms with E-state index in [0.29, 0.717) is 0 Å². The number of hydrogen-bond donors (Lipinski definition) is 0. The smallest absolute Gasteiger partial charge is 0.0441 e. The molecule has 0 radical (unpaired) electrons. The second-order valence-electron chi connectivity index (χ2n) is 3.87. The van der Waals surface area contributed by atoms with Gasteiger partial charge in [0.05, 0.1) is 0 Å². The van der Waals surface area contributed by atoms with Crippen LogP contribution in [0.2, 0.25) is 5.02 Å². The van der Waals surface area contributed by atoms with Crippen molar-refractivity contribution in [3.05, 3.63) is 57.0 Å². The maximum Gasteiger partial charge on any atom is 0.0441 e.